The molecule has 5 atom stereocenters. The van der Waals surface area contributed by atoms with Crippen molar-refractivity contribution < 1.29 is 33.6 Å². The average Bonchev–Trinajstić information content (AvgIpc) is 3.75. The summed E-state index contributed by atoms with van der Waals surface area (Å²) in [6, 6.07) is 28.1. The van der Waals surface area contributed by atoms with E-state index in [4.69, 9.17) is 9.47 Å². The lowest BCUT2D eigenvalue weighted by molar-refractivity contribution is -0.384. The number of rotatable bonds is 9. The van der Waals surface area contributed by atoms with Crippen LogP contribution in [0.2, 0.25) is 0 Å². The summed E-state index contributed by atoms with van der Waals surface area (Å²) >= 11 is 0. The van der Waals surface area contributed by atoms with Crippen LogP contribution in [0.25, 0.3) is 0 Å². The Hall–Kier alpha value is -5.64. The van der Waals surface area contributed by atoms with Gasteiger partial charge >= 0.3 is 5.97 Å². The van der Waals surface area contributed by atoms with Gasteiger partial charge in [0.2, 0.25) is 11.8 Å². The fourth-order valence-electron chi connectivity index (χ4n) is 7.35. The van der Waals surface area contributed by atoms with Crippen LogP contribution in [-0.2, 0) is 14.3 Å². The highest BCUT2D eigenvalue weighted by atomic mass is 16.6. The number of nitro benzene ring substituents is 1. The van der Waals surface area contributed by atoms with Crippen molar-refractivity contribution in [2.45, 2.75) is 18.8 Å². The largest absolute Gasteiger partial charge is 0.457 e. The lowest BCUT2D eigenvalue weighted by atomic mass is 9.73. The Morgan fingerprint density at radius 2 is 1.46 bits per heavy atom. The van der Waals surface area contributed by atoms with E-state index in [1.165, 1.54) is 59.0 Å². The molecule has 10 heteroatoms. The number of carbonyl (C=O) groups excluding carboxylic acids is 4. The van der Waals surface area contributed by atoms with Crippen LogP contribution in [0.4, 0.5) is 11.4 Å². The van der Waals surface area contributed by atoms with Crippen molar-refractivity contribution in [1.82, 2.24) is 0 Å². The molecule has 2 bridgehead atoms. The summed E-state index contributed by atoms with van der Waals surface area (Å²) in [5.74, 6) is -0.994. The van der Waals surface area contributed by atoms with Crippen LogP contribution in [0.1, 0.15) is 45.0 Å². The maximum absolute atomic E-state index is 13.7. The Labute approximate surface area is 263 Å². The Balaban J connectivity index is 0.979. The first kappa shape index (κ1) is 29.1. The number of esters is 1. The molecule has 230 valence electrons. The van der Waals surface area contributed by atoms with Crippen LogP contribution in [-0.4, -0.2) is 35.1 Å². The summed E-state index contributed by atoms with van der Waals surface area (Å²) in [5, 5.41) is 10.8. The van der Waals surface area contributed by atoms with Gasteiger partial charge in [-0.05, 0) is 90.8 Å². The van der Waals surface area contributed by atoms with Gasteiger partial charge in [0.05, 0.1) is 28.0 Å². The van der Waals surface area contributed by atoms with Crippen LogP contribution in [0.15, 0.2) is 103 Å². The molecule has 2 saturated carbocycles. The van der Waals surface area contributed by atoms with Gasteiger partial charge in [0, 0.05) is 17.7 Å². The Morgan fingerprint density at radius 3 is 2.15 bits per heavy atom. The van der Waals surface area contributed by atoms with Crippen molar-refractivity contribution in [2.75, 3.05) is 11.5 Å². The maximum atomic E-state index is 13.7. The molecule has 4 aromatic carbocycles. The maximum Gasteiger partial charge on any atom is 0.338 e. The van der Waals surface area contributed by atoms with Gasteiger partial charge in [0.25, 0.3) is 5.69 Å². The van der Waals surface area contributed by atoms with Crippen molar-refractivity contribution in [3.63, 3.8) is 0 Å². The summed E-state index contributed by atoms with van der Waals surface area (Å²) in [5.41, 5.74) is 1.89. The van der Waals surface area contributed by atoms with Gasteiger partial charge in [0.15, 0.2) is 12.4 Å². The van der Waals surface area contributed by atoms with Crippen molar-refractivity contribution in [2.24, 2.45) is 23.7 Å². The van der Waals surface area contributed by atoms with Gasteiger partial charge < -0.3 is 9.47 Å². The van der Waals surface area contributed by atoms with Gasteiger partial charge in [-0.2, -0.15) is 0 Å². The highest BCUT2D eigenvalue weighted by molar-refractivity contribution is 6.23. The first-order chi connectivity index (χ1) is 22.3. The third-order valence-electron chi connectivity index (χ3n) is 9.38. The lowest BCUT2D eigenvalue weighted by Gasteiger charge is -2.28. The van der Waals surface area contributed by atoms with E-state index in [9.17, 15) is 29.3 Å². The number of benzene rings is 4. The third-order valence-corrected chi connectivity index (χ3v) is 9.38. The molecule has 46 heavy (non-hydrogen) atoms. The molecule has 4 aromatic rings. The molecule has 2 aliphatic carbocycles. The molecule has 5 unspecified atom stereocenters. The number of hydrogen-bond acceptors (Lipinski definition) is 8. The molecule has 1 heterocycles. The zero-order chi connectivity index (χ0) is 31.9. The summed E-state index contributed by atoms with van der Waals surface area (Å²) < 4.78 is 11.0. The van der Waals surface area contributed by atoms with E-state index in [2.05, 4.69) is 12.1 Å². The number of ketones is 1. The zero-order valence-electron chi connectivity index (χ0n) is 24.5. The first-order valence-corrected chi connectivity index (χ1v) is 15.0. The van der Waals surface area contributed by atoms with Crippen LogP contribution < -0.4 is 9.64 Å². The number of fused-ring (bicyclic) bond motifs is 5. The number of ether oxygens (including phenoxy) is 2. The molecule has 2 amide bonds. The minimum atomic E-state index is -0.753. The first-order valence-electron chi connectivity index (χ1n) is 15.0. The molecule has 7 rings (SSSR count). The summed E-state index contributed by atoms with van der Waals surface area (Å²) in [6.45, 7) is -0.512. The fraction of sp³-hybridized carbons (Fsp3) is 0.222. The molecule has 0 spiro atoms. The van der Waals surface area contributed by atoms with Crippen LogP contribution in [0.3, 0.4) is 0 Å². The molecule has 1 aliphatic heterocycles. The minimum absolute atomic E-state index is 0.0566. The predicted octanol–water partition coefficient (Wildman–Crippen LogP) is 6.36. The number of hydrogen-bond donors (Lipinski definition) is 0. The summed E-state index contributed by atoms with van der Waals surface area (Å²) in [6.07, 6.45) is 1.76. The van der Waals surface area contributed by atoms with Crippen molar-refractivity contribution in [3.8, 4) is 11.5 Å². The van der Waals surface area contributed by atoms with E-state index >= 15 is 0 Å². The van der Waals surface area contributed by atoms with E-state index < -0.39 is 23.3 Å². The fourth-order valence-corrected chi connectivity index (χ4v) is 7.35. The van der Waals surface area contributed by atoms with E-state index in [-0.39, 0.29) is 52.7 Å². The highest BCUT2D eigenvalue weighted by Gasteiger charge is 2.64. The molecular formula is C36H28N2O8. The topological polar surface area (TPSA) is 133 Å². The standard InChI is InChI=1S/C36H28N2O8/c39-31(22-9-13-27(14-10-22)46-28-15-11-25(12-16-28)38(43)44)20-45-36(42)23-7-4-8-26(17-23)37-34(40)32-24-18-29(21-5-2-1-3-6-21)30(19-24)33(32)35(37)41/h1-17,24,29-30,32-33H,18-20H2. The van der Waals surface area contributed by atoms with Gasteiger partial charge in [-0.25, -0.2) is 4.79 Å². The number of amides is 2. The molecule has 3 aliphatic rings. The lowest BCUT2D eigenvalue weighted by Crippen LogP contribution is -2.33. The monoisotopic (exact) mass is 616 g/mol. The van der Waals surface area contributed by atoms with Gasteiger partial charge in [-0.3, -0.25) is 29.4 Å². The third kappa shape index (κ3) is 5.21. The smallest absolute Gasteiger partial charge is 0.338 e. The van der Waals surface area contributed by atoms with Gasteiger partial charge in [0.1, 0.15) is 11.5 Å². The second-order valence-corrected chi connectivity index (χ2v) is 11.9. The zero-order valence-corrected chi connectivity index (χ0v) is 24.5. The number of non-ortho nitro benzene ring substituents is 1. The number of Topliss-reactive ketones (excluding diaryl/α,β-unsaturated/α-hetero) is 1. The van der Waals surface area contributed by atoms with Crippen LogP contribution in [0.5, 0.6) is 11.5 Å². The minimum Gasteiger partial charge on any atom is -0.457 e. The van der Waals surface area contributed by atoms with Gasteiger partial charge in [-0.15, -0.1) is 0 Å². The van der Waals surface area contributed by atoms with Crippen molar-refractivity contribution in [1.29, 1.82) is 0 Å². The normalized spacial score (nSPS) is 22.9. The number of nitro groups is 1. The molecular weight excluding hydrogens is 588 g/mol. The highest BCUT2D eigenvalue weighted by Crippen LogP contribution is 2.61. The quantitative estimate of drug-likeness (QED) is 0.0698. The van der Waals surface area contributed by atoms with Gasteiger partial charge in [-0.1, -0.05) is 36.4 Å². The van der Waals surface area contributed by atoms with Crippen molar-refractivity contribution >= 4 is 34.9 Å². The Bertz CT molecular complexity index is 1860. The van der Waals surface area contributed by atoms with E-state index in [1.54, 1.807) is 24.3 Å². The number of anilines is 1. The SMILES string of the molecule is O=C(COC(=O)c1cccc(N2C(=O)C3C4CC(c5ccccc5)C(C4)C3C2=O)c1)c1ccc(Oc2ccc([N+](=O)[O-])cc2)cc1. The summed E-state index contributed by atoms with van der Waals surface area (Å²) in [7, 11) is 0. The van der Waals surface area contributed by atoms with Crippen molar-refractivity contribution in [3.05, 3.63) is 130 Å². The average molecular weight is 617 g/mol. The molecule has 0 aromatic heterocycles. The number of nitrogens with zero attached hydrogens (tertiary/aromatic N) is 2. The van der Waals surface area contributed by atoms with E-state index in [0.717, 1.165) is 12.8 Å². The van der Waals surface area contributed by atoms with Crippen LogP contribution >= 0.6 is 0 Å². The molecule has 0 N–H and O–H groups in total. The second-order valence-electron chi connectivity index (χ2n) is 11.9. The van der Waals surface area contributed by atoms with E-state index in [1.807, 2.05) is 18.2 Å². The molecule has 1 saturated heterocycles. The number of carbonyl (C=O) groups is 4. The molecule has 3 fully saturated rings. The van der Waals surface area contributed by atoms with Crippen LogP contribution in [0, 0.1) is 33.8 Å². The predicted molar refractivity (Wildman–Crippen MR) is 166 cm³/mol. The molecule has 0 radical (unpaired) electrons. The summed E-state index contributed by atoms with van der Waals surface area (Å²) in [4.78, 5) is 64.5. The Kier molecular flexibility index (Phi) is 7.40. The van der Waals surface area contributed by atoms with E-state index in [0.29, 0.717) is 22.7 Å². The second kappa shape index (κ2) is 11.7. The molecule has 10 nitrogen and oxygen atoms in total. The number of imide groups is 1. The Morgan fingerprint density at radius 1 is 0.783 bits per heavy atom.